The highest BCUT2D eigenvalue weighted by Crippen LogP contribution is 2.25. The molecule has 9 nitrogen and oxygen atoms in total. The predicted octanol–water partition coefficient (Wildman–Crippen LogP) is -0.226. The molecule has 1 heterocycles. The van der Waals surface area contributed by atoms with Gasteiger partial charge in [-0.05, 0) is 0 Å². The third kappa shape index (κ3) is 7.85. The van der Waals surface area contributed by atoms with Crippen molar-refractivity contribution in [3.8, 4) is 0 Å². The molecule has 1 saturated heterocycles. The highest BCUT2D eigenvalue weighted by Gasteiger charge is 2.39. The van der Waals surface area contributed by atoms with E-state index >= 15 is 0 Å². The van der Waals surface area contributed by atoms with E-state index in [1.807, 2.05) is 0 Å². The summed E-state index contributed by atoms with van der Waals surface area (Å²) in [6.07, 6.45) is -1.58. The maximum Gasteiger partial charge on any atom is 0.314 e. The van der Waals surface area contributed by atoms with Gasteiger partial charge in [0.15, 0.2) is 11.2 Å². The number of nitrogens with one attached hydrogen (secondary N) is 2. The van der Waals surface area contributed by atoms with Gasteiger partial charge in [0.2, 0.25) is 5.91 Å². The number of thioether (sulfide) groups is 1. The van der Waals surface area contributed by atoms with Crippen LogP contribution in [0.5, 0.6) is 0 Å². The molecule has 2 N–H and O–H groups in total. The summed E-state index contributed by atoms with van der Waals surface area (Å²) in [6, 6.07) is 0. The first-order chi connectivity index (χ1) is 12.1. The van der Waals surface area contributed by atoms with Crippen LogP contribution in [0.3, 0.4) is 0 Å². The third-order valence-electron chi connectivity index (χ3n) is 3.46. The van der Waals surface area contributed by atoms with Crippen molar-refractivity contribution in [2.24, 2.45) is 5.41 Å². The van der Waals surface area contributed by atoms with E-state index in [2.05, 4.69) is 10.6 Å². The zero-order chi connectivity index (χ0) is 19.7. The van der Waals surface area contributed by atoms with Gasteiger partial charge in [0.25, 0.3) is 5.91 Å². The molecule has 0 unspecified atom stereocenters. The van der Waals surface area contributed by atoms with Crippen molar-refractivity contribution in [2.45, 2.75) is 39.7 Å². The zero-order valence-electron chi connectivity index (χ0n) is 15.1. The topological polar surface area (TPSA) is 128 Å². The van der Waals surface area contributed by atoms with Gasteiger partial charge >= 0.3 is 11.9 Å². The van der Waals surface area contributed by atoms with Crippen LogP contribution in [0.4, 0.5) is 0 Å². The van der Waals surface area contributed by atoms with Gasteiger partial charge in [0.05, 0.1) is 0 Å². The van der Waals surface area contributed by atoms with E-state index in [-0.39, 0.29) is 37.1 Å². The number of esters is 2. The number of ether oxygens (including phenoxy) is 2. The number of amides is 2. The average molecular weight is 388 g/mol. The van der Waals surface area contributed by atoms with Crippen molar-refractivity contribution in [1.29, 1.82) is 0 Å². The van der Waals surface area contributed by atoms with Crippen LogP contribution in [-0.2, 0) is 33.4 Å². The van der Waals surface area contributed by atoms with Crippen molar-refractivity contribution in [1.82, 2.24) is 10.6 Å². The molecule has 0 aromatic heterocycles. The van der Waals surface area contributed by atoms with E-state index in [9.17, 15) is 24.0 Å². The Labute approximate surface area is 155 Å². The summed E-state index contributed by atoms with van der Waals surface area (Å²) in [5.74, 6) is -1.93. The maximum atomic E-state index is 12.4. The van der Waals surface area contributed by atoms with E-state index in [0.717, 1.165) is 18.7 Å². The van der Waals surface area contributed by atoms with Crippen molar-refractivity contribution < 1.29 is 33.4 Å². The second-order valence-corrected chi connectivity index (χ2v) is 7.58. The van der Waals surface area contributed by atoms with Gasteiger partial charge in [0, 0.05) is 37.6 Å². The fourth-order valence-electron chi connectivity index (χ4n) is 2.13. The number of carbonyl (C=O) groups is 5. The second kappa shape index (κ2) is 10.1. The fourth-order valence-corrected chi connectivity index (χ4v) is 2.78. The average Bonchev–Trinajstić information content (AvgIpc) is 2.53. The Morgan fingerprint density at radius 2 is 1.88 bits per heavy atom. The number of hydrogen-bond acceptors (Lipinski definition) is 8. The van der Waals surface area contributed by atoms with E-state index in [0.29, 0.717) is 5.75 Å². The largest absolute Gasteiger partial charge is 0.465 e. The van der Waals surface area contributed by atoms with Crippen molar-refractivity contribution in [2.75, 3.05) is 25.4 Å². The Kier molecular flexibility index (Phi) is 8.56. The first-order valence-electron chi connectivity index (χ1n) is 8.14. The molecule has 1 aliphatic heterocycles. The molecule has 0 aliphatic carbocycles. The Morgan fingerprint density at radius 3 is 2.54 bits per heavy atom. The number of rotatable bonds is 1. The van der Waals surface area contributed by atoms with E-state index in [4.69, 9.17) is 9.47 Å². The maximum absolute atomic E-state index is 12.4. The highest BCUT2D eigenvalue weighted by atomic mass is 32.2. The Hall–Kier alpha value is -2.10. The molecule has 1 fully saturated rings. The number of cyclic esters (lactones) is 1. The lowest BCUT2D eigenvalue weighted by Crippen LogP contribution is -2.49. The lowest BCUT2D eigenvalue weighted by molar-refractivity contribution is -0.167. The number of hydrogen-bond donors (Lipinski definition) is 2. The van der Waals surface area contributed by atoms with Crippen molar-refractivity contribution in [3.05, 3.63) is 0 Å². The normalized spacial score (nSPS) is 23.4. The second-order valence-electron chi connectivity index (χ2n) is 6.43. The highest BCUT2D eigenvalue weighted by molar-refractivity contribution is 8.13. The summed E-state index contributed by atoms with van der Waals surface area (Å²) in [7, 11) is 0. The SMILES string of the molecule is CC(=O)O[C@H]1C(=O)NCCC(=O)NCCSC(=O)CC(=O)OCC1(C)C. The molecule has 1 aliphatic rings. The molecule has 0 bridgehead atoms. The van der Waals surface area contributed by atoms with Crippen LogP contribution in [0, 0.1) is 5.41 Å². The van der Waals surface area contributed by atoms with Crippen LogP contribution in [0.1, 0.15) is 33.6 Å². The molecule has 2 amide bonds. The molecule has 146 valence electrons. The van der Waals surface area contributed by atoms with Gasteiger partial charge in [0.1, 0.15) is 13.0 Å². The third-order valence-corrected chi connectivity index (χ3v) is 4.34. The summed E-state index contributed by atoms with van der Waals surface area (Å²) in [6.45, 7) is 4.47. The van der Waals surface area contributed by atoms with Gasteiger partial charge in [-0.15, -0.1) is 0 Å². The van der Waals surface area contributed by atoms with Crippen molar-refractivity contribution in [3.63, 3.8) is 0 Å². The lowest BCUT2D eigenvalue weighted by atomic mass is 9.86. The molecule has 0 saturated carbocycles. The number of carbonyl (C=O) groups excluding carboxylic acids is 5. The molecule has 0 aromatic rings. The lowest BCUT2D eigenvalue weighted by Gasteiger charge is -2.32. The minimum atomic E-state index is -1.21. The summed E-state index contributed by atoms with van der Waals surface area (Å²) >= 11 is 0.934. The van der Waals surface area contributed by atoms with Gasteiger partial charge in [-0.3, -0.25) is 24.0 Å². The van der Waals surface area contributed by atoms with E-state index < -0.39 is 35.8 Å². The van der Waals surface area contributed by atoms with Crippen LogP contribution in [-0.4, -0.2) is 60.4 Å². The molecule has 0 radical (unpaired) electrons. The van der Waals surface area contributed by atoms with Gasteiger partial charge in [-0.2, -0.15) is 0 Å². The van der Waals surface area contributed by atoms with Gasteiger partial charge in [-0.25, -0.2) is 0 Å². The first kappa shape index (κ1) is 21.9. The van der Waals surface area contributed by atoms with E-state index in [1.165, 1.54) is 0 Å². The summed E-state index contributed by atoms with van der Waals surface area (Å²) in [5, 5.41) is 4.78. The summed E-state index contributed by atoms with van der Waals surface area (Å²) in [4.78, 5) is 58.9. The first-order valence-corrected chi connectivity index (χ1v) is 9.13. The van der Waals surface area contributed by atoms with Crippen molar-refractivity contribution >= 4 is 40.6 Å². The Morgan fingerprint density at radius 1 is 1.19 bits per heavy atom. The fraction of sp³-hybridized carbons (Fsp3) is 0.688. The van der Waals surface area contributed by atoms with E-state index in [1.54, 1.807) is 13.8 Å². The Balaban J connectivity index is 2.90. The molecular formula is C16H24N2O7S. The van der Waals surface area contributed by atoms with Crippen LogP contribution >= 0.6 is 11.8 Å². The quantitative estimate of drug-likeness (QED) is 0.466. The molecule has 10 heteroatoms. The molecular weight excluding hydrogens is 364 g/mol. The molecule has 26 heavy (non-hydrogen) atoms. The monoisotopic (exact) mass is 388 g/mol. The smallest absolute Gasteiger partial charge is 0.314 e. The van der Waals surface area contributed by atoms with Gasteiger partial charge < -0.3 is 20.1 Å². The molecule has 1 rings (SSSR count). The van der Waals surface area contributed by atoms with Crippen LogP contribution in [0.15, 0.2) is 0 Å². The standard InChI is InChI=1S/C16H24N2O7S/c1-10(19)25-14-15(23)18-5-4-11(20)17-6-7-26-13(22)8-12(21)24-9-16(14,2)3/h14H,4-9H2,1-3H3,(H,17,20)(H,18,23)/t14-/m0/s1. The summed E-state index contributed by atoms with van der Waals surface area (Å²) < 4.78 is 10.2. The van der Waals surface area contributed by atoms with Crippen LogP contribution in [0.25, 0.3) is 0 Å². The molecule has 0 spiro atoms. The Bertz CT molecular complexity index is 577. The molecule has 1 atom stereocenters. The predicted molar refractivity (Wildman–Crippen MR) is 93.0 cm³/mol. The van der Waals surface area contributed by atoms with Gasteiger partial charge in [-0.1, -0.05) is 25.6 Å². The van der Waals surface area contributed by atoms with Crippen LogP contribution in [0.2, 0.25) is 0 Å². The molecule has 0 aromatic carbocycles. The van der Waals surface area contributed by atoms with Crippen LogP contribution < -0.4 is 10.6 Å². The minimum Gasteiger partial charge on any atom is -0.465 e. The summed E-state index contributed by atoms with van der Waals surface area (Å²) in [5.41, 5.74) is -1.03. The zero-order valence-corrected chi connectivity index (χ0v) is 15.9. The minimum absolute atomic E-state index is 0.0482.